The molecule has 3 aromatic rings. The van der Waals surface area contributed by atoms with E-state index in [0.29, 0.717) is 35.9 Å². The zero-order chi connectivity index (χ0) is 25.4. The van der Waals surface area contributed by atoms with Crippen LogP contribution in [0, 0.1) is 6.92 Å². The van der Waals surface area contributed by atoms with Crippen LogP contribution >= 0.6 is 11.6 Å². The summed E-state index contributed by atoms with van der Waals surface area (Å²) in [6.07, 6.45) is -2.45. The van der Waals surface area contributed by atoms with Gasteiger partial charge in [0.2, 0.25) is 0 Å². The third-order valence-electron chi connectivity index (χ3n) is 6.68. The van der Waals surface area contributed by atoms with Gasteiger partial charge in [0.05, 0.1) is 30.8 Å². The van der Waals surface area contributed by atoms with Crippen LogP contribution in [0.4, 0.5) is 18.0 Å². The van der Waals surface area contributed by atoms with Gasteiger partial charge in [0, 0.05) is 23.6 Å². The van der Waals surface area contributed by atoms with Gasteiger partial charge in [-0.15, -0.1) is 10.2 Å². The molecule has 0 bridgehead atoms. The Hall–Kier alpha value is -3.27. The summed E-state index contributed by atoms with van der Waals surface area (Å²) in [5.74, 6) is 1.58. The van der Waals surface area contributed by atoms with Gasteiger partial charge in [0.1, 0.15) is 11.6 Å². The van der Waals surface area contributed by atoms with Crippen molar-refractivity contribution in [3.05, 3.63) is 75.8 Å². The van der Waals surface area contributed by atoms with Crippen LogP contribution in [-0.2, 0) is 12.7 Å². The average Bonchev–Trinajstić information content (AvgIpc) is 3.45. The van der Waals surface area contributed by atoms with E-state index in [1.807, 2.05) is 35.8 Å². The van der Waals surface area contributed by atoms with E-state index in [4.69, 9.17) is 16.3 Å². The molecule has 190 valence electrons. The molecule has 2 atom stereocenters. The normalized spacial score (nSPS) is 19.6. The summed E-state index contributed by atoms with van der Waals surface area (Å²) >= 11 is 6.15. The van der Waals surface area contributed by atoms with E-state index in [2.05, 4.69) is 15.5 Å². The van der Waals surface area contributed by atoms with Crippen LogP contribution in [0.2, 0.25) is 5.02 Å². The van der Waals surface area contributed by atoms with Crippen LogP contribution in [0.1, 0.15) is 59.7 Å². The Bertz CT molecular complexity index is 1280. The van der Waals surface area contributed by atoms with Crippen LogP contribution in [-0.4, -0.2) is 38.8 Å². The van der Waals surface area contributed by atoms with Crippen molar-refractivity contribution in [3.63, 3.8) is 0 Å². The van der Waals surface area contributed by atoms with Crippen molar-refractivity contribution < 1.29 is 22.7 Å². The van der Waals surface area contributed by atoms with E-state index in [1.54, 1.807) is 4.90 Å². The largest absolute Gasteiger partial charge is 0.493 e. The van der Waals surface area contributed by atoms with Gasteiger partial charge >= 0.3 is 12.2 Å². The molecule has 5 rings (SSSR count). The molecule has 7 nitrogen and oxygen atoms in total. The van der Waals surface area contributed by atoms with E-state index in [0.717, 1.165) is 36.4 Å². The van der Waals surface area contributed by atoms with Gasteiger partial charge in [-0.25, -0.2) is 4.79 Å². The number of carbonyl (C=O) groups excluding carboxylic acids is 1. The fourth-order valence-corrected chi connectivity index (χ4v) is 5.10. The first kappa shape index (κ1) is 24.4. The number of amides is 2. The van der Waals surface area contributed by atoms with Crippen molar-refractivity contribution in [2.75, 3.05) is 13.2 Å². The maximum absolute atomic E-state index is 13.4. The monoisotopic (exact) mass is 519 g/mol. The highest BCUT2D eigenvalue weighted by molar-refractivity contribution is 6.30. The van der Waals surface area contributed by atoms with Gasteiger partial charge in [-0.2, -0.15) is 13.2 Å². The van der Waals surface area contributed by atoms with Crippen LogP contribution in [0.3, 0.4) is 0 Å². The van der Waals surface area contributed by atoms with Gasteiger partial charge in [0.15, 0.2) is 5.82 Å². The highest BCUT2D eigenvalue weighted by atomic mass is 35.5. The van der Waals surface area contributed by atoms with Crippen molar-refractivity contribution in [2.45, 2.75) is 51.0 Å². The molecule has 0 unspecified atom stereocenters. The minimum Gasteiger partial charge on any atom is -0.493 e. The third-order valence-corrected chi connectivity index (χ3v) is 6.92. The predicted octanol–water partition coefficient (Wildman–Crippen LogP) is 5.68. The average molecular weight is 520 g/mol. The van der Waals surface area contributed by atoms with E-state index in [9.17, 15) is 18.0 Å². The number of nitrogens with one attached hydrogen (secondary N) is 1. The number of alkyl halides is 3. The van der Waals surface area contributed by atoms with E-state index in [1.165, 1.54) is 6.07 Å². The van der Waals surface area contributed by atoms with Gasteiger partial charge in [-0.1, -0.05) is 29.8 Å². The summed E-state index contributed by atoms with van der Waals surface area (Å²) in [5.41, 5.74) is 0.762. The Balaban J connectivity index is 1.35. The number of aromatic nitrogens is 3. The molecule has 0 aliphatic carbocycles. The number of carbonyl (C=O) groups is 1. The Labute approximate surface area is 211 Å². The predicted molar refractivity (Wildman–Crippen MR) is 127 cm³/mol. The van der Waals surface area contributed by atoms with Crippen molar-refractivity contribution in [1.82, 2.24) is 25.0 Å². The zero-order valence-electron chi connectivity index (χ0n) is 19.6. The summed E-state index contributed by atoms with van der Waals surface area (Å²) in [6, 6.07) is 9.95. The number of urea groups is 1. The van der Waals surface area contributed by atoms with Crippen molar-refractivity contribution in [1.29, 1.82) is 0 Å². The number of ether oxygens (including phenoxy) is 1. The minimum absolute atomic E-state index is 0.149. The Morgan fingerprint density at radius 1 is 1.19 bits per heavy atom. The summed E-state index contributed by atoms with van der Waals surface area (Å²) in [4.78, 5) is 15.1. The standard InChI is InChI=1S/C25H25ClF3N5O2/c1-15-31-32-23(34(15)14-16-4-2-5-18(26)12-16)21-6-3-10-33(21)24(35)30-20-9-11-36-22-13-17(25(27,28)29)7-8-19(20)22/h2,4-5,7-8,12-13,20-21H,3,6,9-11,14H2,1H3,(H,30,35)/t20-,21+/m0/s1. The van der Waals surface area contributed by atoms with Crippen LogP contribution in [0.5, 0.6) is 5.75 Å². The van der Waals surface area contributed by atoms with Crippen molar-refractivity contribution in [3.8, 4) is 5.75 Å². The highest BCUT2D eigenvalue weighted by Gasteiger charge is 2.37. The molecule has 1 saturated heterocycles. The van der Waals surface area contributed by atoms with E-state index >= 15 is 0 Å². The number of aryl methyl sites for hydroxylation is 1. The molecule has 3 heterocycles. The maximum atomic E-state index is 13.4. The number of fused-ring (bicyclic) bond motifs is 1. The second-order valence-electron chi connectivity index (χ2n) is 9.06. The van der Waals surface area contributed by atoms with Gasteiger partial charge in [-0.3, -0.25) is 0 Å². The quantitative estimate of drug-likeness (QED) is 0.481. The molecule has 11 heteroatoms. The molecular weight excluding hydrogens is 495 g/mol. The topological polar surface area (TPSA) is 72.3 Å². The van der Waals surface area contributed by atoms with E-state index < -0.39 is 17.8 Å². The first-order valence-corrected chi connectivity index (χ1v) is 12.1. The minimum atomic E-state index is -4.46. The molecule has 0 spiro atoms. The summed E-state index contributed by atoms with van der Waals surface area (Å²) in [5, 5.41) is 12.3. The molecule has 2 amide bonds. The number of hydrogen-bond donors (Lipinski definition) is 1. The number of halogens is 4. The number of benzene rings is 2. The molecule has 1 fully saturated rings. The lowest BCUT2D eigenvalue weighted by Crippen LogP contribution is -2.43. The van der Waals surface area contributed by atoms with E-state index in [-0.39, 0.29) is 24.4 Å². The molecule has 2 aromatic carbocycles. The fraction of sp³-hybridized carbons (Fsp3) is 0.400. The van der Waals surface area contributed by atoms with Crippen molar-refractivity contribution in [2.24, 2.45) is 0 Å². The van der Waals surface area contributed by atoms with Crippen LogP contribution in [0.25, 0.3) is 0 Å². The van der Waals surface area contributed by atoms with Gasteiger partial charge < -0.3 is 19.5 Å². The second kappa shape index (κ2) is 9.65. The second-order valence-corrected chi connectivity index (χ2v) is 9.50. The first-order valence-electron chi connectivity index (χ1n) is 11.8. The number of likely N-dealkylation sites (tertiary alicyclic amines) is 1. The summed E-state index contributed by atoms with van der Waals surface area (Å²) < 4.78 is 46.8. The zero-order valence-corrected chi connectivity index (χ0v) is 20.3. The summed E-state index contributed by atoms with van der Waals surface area (Å²) in [6.45, 7) is 3.16. The molecule has 2 aliphatic heterocycles. The fourth-order valence-electron chi connectivity index (χ4n) is 4.88. The smallest absolute Gasteiger partial charge is 0.416 e. The maximum Gasteiger partial charge on any atom is 0.416 e. The molecule has 1 aromatic heterocycles. The summed E-state index contributed by atoms with van der Waals surface area (Å²) in [7, 11) is 0. The number of hydrogen-bond acceptors (Lipinski definition) is 4. The lowest BCUT2D eigenvalue weighted by atomic mass is 9.98. The molecule has 0 radical (unpaired) electrons. The first-order chi connectivity index (χ1) is 17.2. The Morgan fingerprint density at radius 2 is 2.03 bits per heavy atom. The lowest BCUT2D eigenvalue weighted by molar-refractivity contribution is -0.137. The SMILES string of the molecule is Cc1nnc([C@H]2CCCN2C(=O)N[C@H]2CCOc3cc(C(F)(F)F)ccc32)n1Cc1cccc(Cl)c1. The number of nitrogens with zero attached hydrogens (tertiary/aromatic N) is 4. The molecule has 0 saturated carbocycles. The van der Waals surface area contributed by atoms with Crippen molar-refractivity contribution >= 4 is 17.6 Å². The van der Waals surface area contributed by atoms with Gasteiger partial charge in [-0.05, 0) is 49.6 Å². The molecule has 1 N–H and O–H groups in total. The highest BCUT2D eigenvalue weighted by Crippen LogP contribution is 2.39. The molecular formula is C25H25ClF3N5O2. The third kappa shape index (κ3) is 4.86. The van der Waals surface area contributed by atoms with Crippen LogP contribution in [0.15, 0.2) is 42.5 Å². The Kier molecular flexibility index (Phi) is 6.55. The molecule has 36 heavy (non-hydrogen) atoms. The van der Waals surface area contributed by atoms with Gasteiger partial charge in [0.25, 0.3) is 0 Å². The molecule has 2 aliphatic rings. The van der Waals surface area contributed by atoms with Crippen LogP contribution < -0.4 is 10.1 Å². The number of rotatable bonds is 4. The Morgan fingerprint density at radius 3 is 2.81 bits per heavy atom. The lowest BCUT2D eigenvalue weighted by Gasteiger charge is -2.31.